The second kappa shape index (κ2) is 7.98. The number of hydrogen-bond acceptors (Lipinski definition) is 6. The number of halogens is 1. The predicted octanol–water partition coefficient (Wildman–Crippen LogP) is 3.95. The molecule has 1 amide bonds. The van der Waals surface area contributed by atoms with Crippen molar-refractivity contribution in [3.05, 3.63) is 53.5 Å². The monoisotopic (exact) mass is 397 g/mol. The molecule has 0 aliphatic carbocycles. The van der Waals surface area contributed by atoms with E-state index in [0.29, 0.717) is 16.7 Å². The Morgan fingerprint density at radius 1 is 1.25 bits per heavy atom. The van der Waals surface area contributed by atoms with E-state index < -0.39 is 0 Å². The molecule has 144 valence electrons. The SMILES string of the molecule is Cc1nc(-c2cccc(NC(=O)C3CCN(c4ccc(Cl)cn4)CC3)c2)no1. The molecule has 3 aromatic rings. The van der Waals surface area contributed by atoms with Crippen LogP contribution in [0.3, 0.4) is 0 Å². The minimum atomic E-state index is -0.0281. The summed E-state index contributed by atoms with van der Waals surface area (Å²) in [4.78, 5) is 23.5. The number of aromatic nitrogens is 3. The van der Waals surface area contributed by atoms with E-state index in [4.69, 9.17) is 16.1 Å². The Kier molecular flexibility index (Phi) is 5.25. The number of aryl methyl sites for hydroxylation is 1. The van der Waals surface area contributed by atoms with Crippen LogP contribution in [-0.2, 0) is 4.79 Å². The Bertz CT molecular complexity index is 965. The summed E-state index contributed by atoms with van der Waals surface area (Å²) in [6, 6.07) is 11.2. The quantitative estimate of drug-likeness (QED) is 0.717. The van der Waals surface area contributed by atoms with Crippen molar-refractivity contribution in [3.8, 4) is 11.4 Å². The van der Waals surface area contributed by atoms with E-state index in [0.717, 1.165) is 43.0 Å². The van der Waals surface area contributed by atoms with Crippen LogP contribution >= 0.6 is 11.6 Å². The molecule has 1 N–H and O–H groups in total. The third-order valence-corrected chi connectivity index (χ3v) is 5.04. The van der Waals surface area contributed by atoms with Gasteiger partial charge in [0.1, 0.15) is 5.82 Å². The number of amides is 1. The number of nitrogens with zero attached hydrogens (tertiary/aromatic N) is 4. The summed E-state index contributed by atoms with van der Waals surface area (Å²) in [6.45, 7) is 3.32. The molecule has 1 fully saturated rings. The van der Waals surface area contributed by atoms with Crippen molar-refractivity contribution in [1.82, 2.24) is 15.1 Å². The van der Waals surface area contributed by atoms with E-state index in [1.165, 1.54) is 0 Å². The Balaban J connectivity index is 1.36. The number of carbonyl (C=O) groups is 1. The highest BCUT2D eigenvalue weighted by atomic mass is 35.5. The third kappa shape index (κ3) is 4.14. The standard InChI is InChI=1S/C20H20ClN5O2/c1-13-23-19(25-28-13)15-3-2-4-17(11-15)24-20(27)14-7-9-26(10-8-14)18-6-5-16(21)12-22-18/h2-6,11-12,14H,7-10H2,1H3,(H,24,27). The molecule has 0 unspecified atom stereocenters. The normalized spacial score (nSPS) is 14.9. The predicted molar refractivity (Wildman–Crippen MR) is 107 cm³/mol. The highest BCUT2D eigenvalue weighted by molar-refractivity contribution is 6.30. The fourth-order valence-electron chi connectivity index (χ4n) is 3.32. The second-order valence-corrected chi connectivity index (χ2v) is 7.24. The summed E-state index contributed by atoms with van der Waals surface area (Å²) < 4.78 is 5.02. The average molecular weight is 398 g/mol. The lowest BCUT2D eigenvalue weighted by molar-refractivity contribution is -0.120. The van der Waals surface area contributed by atoms with Crippen molar-refractivity contribution in [3.63, 3.8) is 0 Å². The number of benzene rings is 1. The molecule has 1 aromatic carbocycles. The maximum absolute atomic E-state index is 12.7. The first-order valence-electron chi connectivity index (χ1n) is 9.16. The van der Waals surface area contributed by atoms with Gasteiger partial charge in [-0.25, -0.2) is 4.98 Å². The number of piperidine rings is 1. The lowest BCUT2D eigenvalue weighted by atomic mass is 9.95. The van der Waals surface area contributed by atoms with Gasteiger partial charge in [0.05, 0.1) is 5.02 Å². The van der Waals surface area contributed by atoms with Crippen molar-refractivity contribution in [2.75, 3.05) is 23.3 Å². The van der Waals surface area contributed by atoms with Gasteiger partial charge in [-0.05, 0) is 37.1 Å². The molecule has 7 nitrogen and oxygen atoms in total. The molecule has 2 aromatic heterocycles. The molecule has 0 saturated carbocycles. The van der Waals surface area contributed by atoms with E-state index in [-0.39, 0.29) is 11.8 Å². The number of nitrogens with one attached hydrogen (secondary N) is 1. The topological polar surface area (TPSA) is 84.2 Å². The Labute approximate surface area is 167 Å². The van der Waals surface area contributed by atoms with Gasteiger partial charge in [-0.2, -0.15) is 4.98 Å². The van der Waals surface area contributed by atoms with Gasteiger partial charge in [0.15, 0.2) is 0 Å². The molecule has 1 aliphatic heterocycles. The molecule has 8 heteroatoms. The number of carbonyl (C=O) groups excluding carboxylic acids is 1. The summed E-state index contributed by atoms with van der Waals surface area (Å²) in [7, 11) is 0. The van der Waals surface area contributed by atoms with Gasteiger partial charge >= 0.3 is 0 Å². The number of anilines is 2. The van der Waals surface area contributed by atoms with Crippen LogP contribution in [0.25, 0.3) is 11.4 Å². The molecule has 0 bridgehead atoms. The Morgan fingerprint density at radius 3 is 2.75 bits per heavy atom. The molecule has 0 atom stereocenters. The van der Waals surface area contributed by atoms with E-state index in [1.54, 1.807) is 13.1 Å². The summed E-state index contributed by atoms with van der Waals surface area (Å²) >= 11 is 5.90. The van der Waals surface area contributed by atoms with Gasteiger partial charge in [0, 0.05) is 43.4 Å². The van der Waals surface area contributed by atoms with Gasteiger partial charge in [-0.1, -0.05) is 28.9 Å². The molecular weight excluding hydrogens is 378 g/mol. The van der Waals surface area contributed by atoms with Crippen LogP contribution in [0.5, 0.6) is 0 Å². The first-order chi connectivity index (χ1) is 13.6. The van der Waals surface area contributed by atoms with Crippen LogP contribution in [0.4, 0.5) is 11.5 Å². The van der Waals surface area contributed by atoms with Crippen molar-refractivity contribution in [2.24, 2.45) is 5.92 Å². The van der Waals surface area contributed by atoms with Crippen LogP contribution in [0.15, 0.2) is 47.1 Å². The summed E-state index contributed by atoms with van der Waals surface area (Å²) in [6.07, 6.45) is 3.20. The van der Waals surface area contributed by atoms with Crippen molar-refractivity contribution >= 4 is 29.0 Å². The maximum atomic E-state index is 12.7. The number of pyridine rings is 1. The molecule has 1 aliphatic rings. The molecule has 3 heterocycles. The zero-order chi connectivity index (χ0) is 19.5. The van der Waals surface area contributed by atoms with Crippen LogP contribution in [-0.4, -0.2) is 34.1 Å². The highest BCUT2D eigenvalue weighted by Gasteiger charge is 2.25. The van der Waals surface area contributed by atoms with E-state index >= 15 is 0 Å². The minimum Gasteiger partial charge on any atom is -0.357 e. The second-order valence-electron chi connectivity index (χ2n) is 6.80. The van der Waals surface area contributed by atoms with Crippen molar-refractivity contribution in [2.45, 2.75) is 19.8 Å². The van der Waals surface area contributed by atoms with Gasteiger partial charge in [-0.15, -0.1) is 0 Å². The van der Waals surface area contributed by atoms with E-state index in [9.17, 15) is 4.79 Å². The van der Waals surface area contributed by atoms with Crippen molar-refractivity contribution < 1.29 is 9.32 Å². The minimum absolute atomic E-state index is 0.0281. The van der Waals surface area contributed by atoms with Gasteiger partial charge in [0.25, 0.3) is 0 Å². The lowest BCUT2D eigenvalue weighted by Gasteiger charge is -2.32. The molecular formula is C20H20ClN5O2. The van der Waals surface area contributed by atoms with Gasteiger partial charge < -0.3 is 14.7 Å². The molecule has 28 heavy (non-hydrogen) atoms. The zero-order valence-electron chi connectivity index (χ0n) is 15.4. The largest absolute Gasteiger partial charge is 0.357 e. The lowest BCUT2D eigenvalue weighted by Crippen LogP contribution is -2.38. The average Bonchev–Trinajstić information content (AvgIpc) is 3.15. The third-order valence-electron chi connectivity index (χ3n) is 4.82. The first kappa shape index (κ1) is 18.4. The van der Waals surface area contributed by atoms with E-state index in [2.05, 4.69) is 25.3 Å². The van der Waals surface area contributed by atoms with Gasteiger partial charge in [0.2, 0.25) is 17.6 Å². The molecule has 4 rings (SSSR count). The highest BCUT2D eigenvalue weighted by Crippen LogP contribution is 2.25. The summed E-state index contributed by atoms with van der Waals surface area (Å²) in [5, 5.41) is 7.56. The first-order valence-corrected chi connectivity index (χ1v) is 9.54. The van der Waals surface area contributed by atoms with E-state index in [1.807, 2.05) is 36.4 Å². The van der Waals surface area contributed by atoms with Crippen LogP contribution in [0.2, 0.25) is 5.02 Å². The van der Waals surface area contributed by atoms with Gasteiger partial charge in [-0.3, -0.25) is 4.79 Å². The fourth-order valence-corrected chi connectivity index (χ4v) is 3.43. The molecule has 0 spiro atoms. The Hall–Kier alpha value is -2.93. The maximum Gasteiger partial charge on any atom is 0.227 e. The Morgan fingerprint density at radius 2 is 2.07 bits per heavy atom. The van der Waals surface area contributed by atoms with Crippen LogP contribution in [0, 0.1) is 12.8 Å². The van der Waals surface area contributed by atoms with Crippen LogP contribution < -0.4 is 10.2 Å². The summed E-state index contributed by atoms with van der Waals surface area (Å²) in [5.74, 6) is 1.92. The molecule has 1 saturated heterocycles. The smallest absolute Gasteiger partial charge is 0.227 e. The zero-order valence-corrected chi connectivity index (χ0v) is 16.2. The van der Waals surface area contributed by atoms with Crippen molar-refractivity contribution in [1.29, 1.82) is 0 Å². The number of hydrogen-bond donors (Lipinski definition) is 1. The summed E-state index contributed by atoms with van der Waals surface area (Å²) in [5.41, 5.74) is 1.53. The fraction of sp³-hybridized carbons (Fsp3) is 0.300. The van der Waals surface area contributed by atoms with Crippen LogP contribution in [0.1, 0.15) is 18.7 Å². The number of rotatable bonds is 4. The molecule has 0 radical (unpaired) electrons.